The topological polar surface area (TPSA) is 59.1 Å². The highest BCUT2D eigenvalue weighted by Gasteiger charge is 2.17. The number of thiazole rings is 1. The lowest BCUT2D eigenvalue weighted by molar-refractivity contribution is 0.103. The Morgan fingerprint density at radius 3 is 2.46 bits per heavy atom. The molecule has 0 saturated carbocycles. The molecule has 1 unspecified atom stereocenters. The first-order valence-corrected chi connectivity index (χ1v) is 9.90. The van der Waals surface area contributed by atoms with Gasteiger partial charge in [-0.25, -0.2) is 13.8 Å². The van der Waals surface area contributed by atoms with Crippen molar-refractivity contribution in [3.8, 4) is 10.6 Å². The summed E-state index contributed by atoms with van der Waals surface area (Å²) in [7, 11) is -1.44. The van der Waals surface area contributed by atoms with Crippen LogP contribution in [0.25, 0.3) is 10.6 Å². The zero-order valence-electron chi connectivity index (χ0n) is 13.9. The van der Waals surface area contributed by atoms with E-state index in [9.17, 15) is 17.8 Å². The highest BCUT2D eigenvalue weighted by molar-refractivity contribution is 7.84. The molecule has 2 aromatic carbocycles. The molecule has 4 nitrogen and oxygen atoms in total. The molecule has 8 heteroatoms. The monoisotopic (exact) mass is 392 g/mol. The van der Waals surface area contributed by atoms with Gasteiger partial charge in [0, 0.05) is 17.5 Å². The molecule has 26 heavy (non-hydrogen) atoms. The number of hydrogen-bond acceptors (Lipinski definition) is 4. The smallest absolute Gasteiger partial charge is 0.267 e. The number of benzene rings is 2. The molecule has 3 aromatic rings. The zero-order chi connectivity index (χ0) is 18.8. The molecule has 1 aromatic heterocycles. The van der Waals surface area contributed by atoms with Gasteiger partial charge in [0.25, 0.3) is 5.91 Å². The van der Waals surface area contributed by atoms with E-state index in [-0.39, 0.29) is 16.4 Å². The minimum atomic E-state index is -1.44. The lowest BCUT2D eigenvalue weighted by atomic mass is 10.2. The number of aryl methyl sites for hydroxylation is 1. The Bertz CT molecular complexity index is 1000. The fourth-order valence-electron chi connectivity index (χ4n) is 2.32. The lowest BCUT2D eigenvalue weighted by Gasteiger charge is -2.06. The summed E-state index contributed by atoms with van der Waals surface area (Å²) < 4.78 is 38.3. The van der Waals surface area contributed by atoms with Crippen molar-refractivity contribution in [2.75, 3.05) is 11.6 Å². The highest BCUT2D eigenvalue weighted by atomic mass is 32.2. The standard InChI is InChI=1S/C18H14F2N2O2S2/c1-10-16(25-18(21-10)11-3-5-12(19)6-4-11)17(23)22-13-7-8-15(26(2)24)14(20)9-13/h3-9H,1-2H3,(H,22,23). The van der Waals surface area contributed by atoms with E-state index >= 15 is 0 Å². The van der Waals surface area contributed by atoms with Crippen LogP contribution in [0.2, 0.25) is 0 Å². The summed E-state index contributed by atoms with van der Waals surface area (Å²) in [6, 6.07) is 9.84. The van der Waals surface area contributed by atoms with Gasteiger partial charge in [-0.1, -0.05) is 0 Å². The molecule has 0 saturated heterocycles. The van der Waals surface area contributed by atoms with Gasteiger partial charge in [-0.15, -0.1) is 11.3 Å². The highest BCUT2D eigenvalue weighted by Crippen LogP contribution is 2.29. The summed E-state index contributed by atoms with van der Waals surface area (Å²) in [6.07, 6.45) is 1.38. The van der Waals surface area contributed by atoms with Gasteiger partial charge in [0.15, 0.2) is 0 Å². The van der Waals surface area contributed by atoms with Gasteiger partial charge in [-0.2, -0.15) is 0 Å². The number of rotatable bonds is 4. The van der Waals surface area contributed by atoms with Crippen LogP contribution in [0.5, 0.6) is 0 Å². The SMILES string of the molecule is Cc1nc(-c2ccc(F)cc2)sc1C(=O)Nc1ccc(S(C)=O)c(F)c1. The van der Waals surface area contributed by atoms with Crippen molar-refractivity contribution in [2.45, 2.75) is 11.8 Å². The van der Waals surface area contributed by atoms with Gasteiger partial charge < -0.3 is 5.32 Å². The fourth-order valence-corrected chi connectivity index (χ4v) is 3.88. The van der Waals surface area contributed by atoms with E-state index in [2.05, 4.69) is 10.3 Å². The summed E-state index contributed by atoms with van der Waals surface area (Å²) in [5, 5.41) is 3.21. The van der Waals surface area contributed by atoms with Crippen molar-refractivity contribution >= 4 is 33.7 Å². The summed E-state index contributed by atoms with van der Waals surface area (Å²) >= 11 is 1.17. The minimum Gasteiger partial charge on any atom is -0.321 e. The Kier molecular flexibility index (Phi) is 5.24. The van der Waals surface area contributed by atoms with Crippen LogP contribution in [0.1, 0.15) is 15.4 Å². The first-order chi connectivity index (χ1) is 12.3. The molecule has 1 amide bonds. The Morgan fingerprint density at radius 2 is 1.85 bits per heavy atom. The number of nitrogens with zero attached hydrogens (tertiary/aromatic N) is 1. The maximum atomic E-state index is 13.9. The number of hydrogen-bond donors (Lipinski definition) is 1. The van der Waals surface area contributed by atoms with E-state index in [1.807, 2.05) is 0 Å². The minimum absolute atomic E-state index is 0.0792. The summed E-state index contributed by atoms with van der Waals surface area (Å²) in [6.45, 7) is 1.70. The molecule has 1 heterocycles. The molecular formula is C18H14F2N2O2S2. The van der Waals surface area contributed by atoms with Crippen LogP contribution >= 0.6 is 11.3 Å². The molecule has 3 rings (SSSR count). The van der Waals surface area contributed by atoms with Gasteiger partial charge >= 0.3 is 0 Å². The number of anilines is 1. The normalized spacial score (nSPS) is 12.0. The predicted octanol–water partition coefficient (Wildman–Crippen LogP) is 4.39. The van der Waals surface area contributed by atoms with E-state index in [0.29, 0.717) is 21.1 Å². The van der Waals surface area contributed by atoms with E-state index in [1.165, 1.54) is 41.9 Å². The first kappa shape index (κ1) is 18.3. The molecule has 0 radical (unpaired) electrons. The van der Waals surface area contributed by atoms with Gasteiger partial charge in [0.05, 0.1) is 21.4 Å². The van der Waals surface area contributed by atoms with Crippen LogP contribution in [0.15, 0.2) is 47.4 Å². The average Bonchev–Trinajstić information content (AvgIpc) is 2.97. The van der Waals surface area contributed by atoms with Gasteiger partial charge in [0.1, 0.15) is 21.5 Å². The maximum absolute atomic E-state index is 13.9. The first-order valence-electron chi connectivity index (χ1n) is 7.53. The molecule has 134 valence electrons. The summed E-state index contributed by atoms with van der Waals surface area (Å²) in [5.74, 6) is -1.41. The number of nitrogens with one attached hydrogen (secondary N) is 1. The third-order valence-electron chi connectivity index (χ3n) is 3.59. The van der Waals surface area contributed by atoms with Gasteiger partial charge in [-0.05, 0) is 49.4 Å². The molecule has 1 N–H and O–H groups in total. The molecule has 0 aliphatic rings. The molecule has 0 fully saturated rings. The average molecular weight is 392 g/mol. The molecule has 0 bridgehead atoms. The van der Waals surface area contributed by atoms with E-state index in [4.69, 9.17) is 0 Å². The van der Waals surface area contributed by atoms with Crippen LogP contribution in [0.3, 0.4) is 0 Å². The molecule has 0 aliphatic carbocycles. The van der Waals surface area contributed by atoms with Crippen molar-refractivity contribution in [1.29, 1.82) is 0 Å². The van der Waals surface area contributed by atoms with Crippen molar-refractivity contribution in [2.24, 2.45) is 0 Å². The van der Waals surface area contributed by atoms with Crippen molar-refractivity contribution < 1.29 is 17.8 Å². The van der Waals surface area contributed by atoms with Crippen LogP contribution in [0.4, 0.5) is 14.5 Å². The van der Waals surface area contributed by atoms with E-state index in [1.54, 1.807) is 19.1 Å². The molecule has 0 spiro atoms. The third kappa shape index (κ3) is 3.86. The van der Waals surface area contributed by atoms with E-state index < -0.39 is 22.5 Å². The third-order valence-corrected chi connectivity index (χ3v) is 5.75. The van der Waals surface area contributed by atoms with Crippen LogP contribution in [-0.4, -0.2) is 21.4 Å². The predicted molar refractivity (Wildman–Crippen MR) is 98.9 cm³/mol. The Labute approximate surface area is 155 Å². The largest absolute Gasteiger partial charge is 0.321 e. The zero-order valence-corrected chi connectivity index (χ0v) is 15.5. The lowest BCUT2D eigenvalue weighted by Crippen LogP contribution is -2.12. The second-order valence-corrected chi connectivity index (χ2v) is 7.84. The van der Waals surface area contributed by atoms with Gasteiger partial charge in [-0.3, -0.25) is 9.00 Å². The van der Waals surface area contributed by atoms with Crippen LogP contribution < -0.4 is 5.32 Å². The number of aromatic nitrogens is 1. The van der Waals surface area contributed by atoms with Crippen LogP contribution in [-0.2, 0) is 10.8 Å². The summed E-state index contributed by atoms with van der Waals surface area (Å²) in [4.78, 5) is 17.3. The second kappa shape index (κ2) is 7.43. The van der Waals surface area contributed by atoms with Crippen molar-refractivity contribution in [3.05, 3.63) is 64.7 Å². The Balaban J connectivity index is 1.83. The second-order valence-electron chi connectivity index (χ2n) is 5.49. The van der Waals surface area contributed by atoms with Crippen molar-refractivity contribution in [1.82, 2.24) is 4.98 Å². The molecule has 0 aliphatic heterocycles. The van der Waals surface area contributed by atoms with Crippen LogP contribution in [0, 0.1) is 18.6 Å². The quantitative estimate of drug-likeness (QED) is 0.717. The fraction of sp³-hybridized carbons (Fsp3) is 0.111. The maximum Gasteiger partial charge on any atom is 0.267 e. The number of halogens is 2. The molecular weight excluding hydrogens is 378 g/mol. The number of carbonyl (C=O) groups excluding carboxylic acids is 1. The van der Waals surface area contributed by atoms with E-state index in [0.717, 1.165) is 6.07 Å². The van der Waals surface area contributed by atoms with Crippen molar-refractivity contribution in [3.63, 3.8) is 0 Å². The Hall–Kier alpha value is -2.45. The molecule has 1 atom stereocenters. The Morgan fingerprint density at radius 1 is 1.15 bits per heavy atom. The van der Waals surface area contributed by atoms with Gasteiger partial charge in [0.2, 0.25) is 0 Å². The number of carbonyl (C=O) groups is 1. The number of amides is 1. The summed E-state index contributed by atoms with van der Waals surface area (Å²) in [5.41, 5.74) is 1.50.